The maximum Gasteiger partial charge on any atom is 0.374 e. The first-order valence-electron chi connectivity index (χ1n) is 4.98. The number of carbonyl (C=O) groups excluding carboxylic acids is 2. The first-order valence-corrected chi connectivity index (χ1v) is 4.98. The highest BCUT2D eigenvalue weighted by Gasteiger charge is 2.17. The van der Waals surface area contributed by atoms with Crippen LogP contribution in [0.2, 0.25) is 0 Å². The van der Waals surface area contributed by atoms with Crippen LogP contribution in [-0.2, 0) is 20.8 Å². The maximum atomic E-state index is 11.3. The molecule has 0 saturated carbocycles. The lowest BCUT2D eigenvalue weighted by Gasteiger charge is -2.14. The van der Waals surface area contributed by atoms with E-state index in [0.717, 1.165) is 0 Å². The van der Waals surface area contributed by atoms with Gasteiger partial charge in [0, 0.05) is 12.1 Å². The number of ether oxygens (including phenoxy) is 2. The minimum absolute atomic E-state index is 0.141. The summed E-state index contributed by atoms with van der Waals surface area (Å²) in [5.74, 6) is -0.712. The lowest BCUT2D eigenvalue weighted by molar-refractivity contribution is -0.141. The Labute approximate surface area is 99.1 Å². The molecule has 17 heavy (non-hydrogen) atoms. The fraction of sp³-hybridized carbons (Fsp3) is 0.455. The van der Waals surface area contributed by atoms with Crippen molar-refractivity contribution in [1.82, 2.24) is 4.90 Å². The summed E-state index contributed by atoms with van der Waals surface area (Å²) in [6, 6.07) is 1.67. The molecule has 6 nitrogen and oxygen atoms in total. The van der Waals surface area contributed by atoms with E-state index in [9.17, 15) is 9.59 Å². The molecule has 0 atom stereocenters. The first-order chi connectivity index (χ1) is 8.08. The number of nitrogens with zero attached hydrogens (tertiary/aromatic N) is 1. The second-order valence-corrected chi connectivity index (χ2v) is 3.51. The molecule has 1 aromatic rings. The molecule has 0 aromatic carbocycles. The van der Waals surface area contributed by atoms with Gasteiger partial charge in [0.2, 0.25) is 5.76 Å². The van der Waals surface area contributed by atoms with Gasteiger partial charge < -0.3 is 13.9 Å². The zero-order chi connectivity index (χ0) is 12.8. The molecule has 0 fully saturated rings. The summed E-state index contributed by atoms with van der Waals surface area (Å²) in [5, 5.41) is 0. The monoisotopic (exact) mass is 241 g/mol. The lowest BCUT2D eigenvalue weighted by Crippen LogP contribution is -2.26. The van der Waals surface area contributed by atoms with Crippen LogP contribution in [0.15, 0.2) is 16.7 Å². The standard InChI is InChI=1S/C11H15NO5/c1-12(7-9(13)15-2)6-8-4-5-17-10(8)11(14)16-3/h4-5H,6-7H2,1-3H3. The highest BCUT2D eigenvalue weighted by atomic mass is 16.5. The summed E-state index contributed by atoms with van der Waals surface area (Å²) in [4.78, 5) is 24.1. The third kappa shape index (κ3) is 3.60. The molecule has 0 aliphatic rings. The van der Waals surface area contributed by atoms with Crippen LogP contribution in [0.25, 0.3) is 0 Å². The second kappa shape index (κ2) is 6.05. The van der Waals surface area contributed by atoms with Crippen molar-refractivity contribution in [3.05, 3.63) is 23.7 Å². The molecular weight excluding hydrogens is 226 g/mol. The second-order valence-electron chi connectivity index (χ2n) is 3.51. The van der Waals surface area contributed by atoms with E-state index >= 15 is 0 Å². The number of methoxy groups -OCH3 is 2. The van der Waals surface area contributed by atoms with Crippen molar-refractivity contribution in [2.24, 2.45) is 0 Å². The van der Waals surface area contributed by atoms with E-state index in [1.807, 2.05) is 0 Å². The van der Waals surface area contributed by atoms with Gasteiger partial charge in [-0.2, -0.15) is 0 Å². The lowest BCUT2D eigenvalue weighted by atomic mass is 10.2. The summed E-state index contributed by atoms with van der Waals surface area (Å²) in [5.41, 5.74) is 0.670. The third-order valence-electron chi connectivity index (χ3n) is 2.18. The Morgan fingerprint density at radius 1 is 1.35 bits per heavy atom. The molecule has 6 heteroatoms. The van der Waals surface area contributed by atoms with Gasteiger partial charge in [0.05, 0.1) is 27.0 Å². The van der Waals surface area contributed by atoms with Gasteiger partial charge in [0.15, 0.2) is 0 Å². The van der Waals surface area contributed by atoms with Crippen molar-refractivity contribution < 1.29 is 23.5 Å². The van der Waals surface area contributed by atoms with E-state index in [0.29, 0.717) is 12.1 Å². The van der Waals surface area contributed by atoms with Crippen molar-refractivity contribution in [2.45, 2.75) is 6.54 Å². The summed E-state index contributed by atoms with van der Waals surface area (Å²) >= 11 is 0. The predicted octanol–water partition coefficient (Wildman–Crippen LogP) is 0.671. The van der Waals surface area contributed by atoms with Crippen molar-refractivity contribution in [2.75, 3.05) is 27.8 Å². The molecule has 0 radical (unpaired) electrons. The van der Waals surface area contributed by atoms with Crippen molar-refractivity contribution >= 4 is 11.9 Å². The minimum Gasteiger partial charge on any atom is -0.468 e. The molecule has 0 aliphatic heterocycles. The van der Waals surface area contributed by atoms with Gasteiger partial charge in [-0.3, -0.25) is 9.69 Å². The predicted molar refractivity (Wildman–Crippen MR) is 58.4 cm³/mol. The quantitative estimate of drug-likeness (QED) is 0.706. The molecule has 0 spiro atoms. The molecule has 0 aliphatic carbocycles. The molecule has 1 aromatic heterocycles. The zero-order valence-corrected chi connectivity index (χ0v) is 10.1. The SMILES string of the molecule is COC(=O)CN(C)Cc1ccoc1C(=O)OC. The van der Waals surface area contributed by atoms with E-state index in [-0.39, 0.29) is 18.3 Å². The van der Waals surface area contributed by atoms with Crippen LogP contribution >= 0.6 is 0 Å². The fourth-order valence-corrected chi connectivity index (χ4v) is 1.36. The number of hydrogen-bond acceptors (Lipinski definition) is 6. The van der Waals surface area contributed by atoms with Crippen molar-refractivity contribution in [3.63, 3.8) is 0 Å². The topological polar surface area (TPSA) is 69.0 Å². The van der Waals surface area contributed by atoms with Crippen LogP contribution in [0.5, 0.6) is 0 Å². The normalized spacial score (nSPS) is 10.4. The largest absolute Gasteiger partial charge is 0.468 e. The van der Waals surface area contributed by atoms with Crippen LogP contribution in [0.1, 0.15) is 16.1 Å². The molecule has 1 rings (SSSR count). The van der Waals surface area contributed by atoms with Crippen LogP contribution in [0, 0.1) is 0 Å². The number of hydrogen-bond donors (Lipinski definition) is 0. The van der Waals surface area contributed by atoms with Crippen molar-refractivity contribution in [1.29, 1.82) is 0 Å². The summed E-state index contributed by atoms with van der Waals surface area (Å²) < 4.78 is 14.2. The van der Waals surface area contributed by atoms with E-state index < -0.39 is 5.97 Å². The molecule has 0 bridgehead atoms. The van der Waals surface area contributed by atoms with Gasteiger partial charge in [0.25, 0.3) is 0 Å². The Bertz CT molecular complexity index is 398. The van der Waals surface area contributed by atoms with Gasteiger partial charge in [-0.05, 0) is 13.1 Å². The first kappa shape index (κ1) is 13.2. The Kier molecular flexibility index (Phi) is 4.71. The zero-order valence-electron chi connectivity index (χ0n) is 10.1. The Morgan fingerprint density at radius 3 is 2.65 bits per heavy atom. The van der Waals surface area contributed by atoms with Gasteiger partial charge >= 0.3 is 11.9 Å². The molecule has 94 valence electrons. The Hall–Kier alpha value is -1.82. The van der Waals surface area contributed by atoms with Crippen LogP contribution < -0.4 is 0 Å². The van der Waals surface area contributed by atoms with E-state index in [4.69, 9.17) is 4.42 Å². The van der Waals surface area contributed by atoms with Gasteiger partial charge in [-0.25, -0.2) is 4.79 Å². The summed E-state index contributed by atoms with van der Waals surface area (Å²) in [6.07, 6.45) is 1.41. The smallest absolute Gasteiger partial charge is 0.374 e. The van der Waals surface area contributed by atoms with Crippen LogP contribution in [0.4, 0.5) is 0 Å². The van der Waals surface area contributed by atoms with Crippen LogP contribution in [0.3, 0.4) is 0 Å². The highest BCUT2D eigenvalue weighted by Crippen LogP contribution is 2.13. The molecular formula is C11H15NO5. The number of carbonyl (C=O) groups is 2. The molecule has 1 heterocycles. The van der Waals surface area contributed by atoms with Crippen molar-refractivity contribution in [3.8, 4) is 0 Å². The van der Waals surface area contributed by atoms with Gasteiger partial charge in [0.1, 0.15) is 0 Å². The van der Waals surface area contributed by atoms with Crippen LogP contribution in [-0.4, -0.2) is 44.7 Å². The third-order valence-corrected chi connectivity index (χ3v) is 2.18. The fourth-order valence-electron chi connectivity index (χ4n) is 1.36. The average molecular weight is 241 g/mol. The molecule has 0 saturated heterocycles. The van der Waals surface area contributed by atoms with Gasteiger partial charge in [-0.1, -0.05) is 0 Å². The highest BCUT2D eigenvalue weighted by molar-refractivity contribution is 5.87. The molecule has 0 N–H and O–H groups in total. The summed E-state index contributed by atoms with van der Waals surface area (Å²) in [7, 11) is 4.35. The molecule has 0 unspecified atom stereocenters. The number of likely N-dealkylation sites (N-methyl/N-ethyl adjacent to an activating group) is 1. The summed E-state index contributed by atoms with van der Waals surface area (Å²) in [6.45, 7) is 0.540. The van der Waals surface area contributed by atoms with E-state index in [1.165, 1.54) is 20.5 Å². The number of rotatable bonds is 5. The maximum absolute atomic E-state index is 11.3. The number of esters is 2. The Balaban J connectivity index is 2.65. The Morgan fingerprint density at radius 2 is 2.06 bits per heavy atom. The van der Waals surface area contributed by atoms with E-state index in [1.54, 1.807) is 18.0 Å². The number of furan rings is 1. The average Bonchev–Trinajstić information content (AvgIpc) is 2.75. The van der Waals surface area contributed by atoms with Gasteiger partial charge in [-0.15, -0.1) is 0 Å². The van der Waals surface area contributed by atoms with E-state index in [2.05, 4.69) is 9.47 Å². The molecule has 0 amide bonds. The minimum atomic E-state index is -0.531.